The lowest BCUT2D eigenvalue weighted by Crippen LogP contribution is -2.23. The predicted molar refractivity (Wildman–Crippen MR) is 71.4 cm³/mol. The second-order valence-electron chi connectivity index (χ2n) is 4.44. The SMILES string of the molecule is Cc1ccn(Cc2ccc(CN)cc2C)c(=O)n1. The molecule has 0 saturated carbocycles. The van der Waals surface area contributed by atoms with E-state index in [1.165, 1.54) is 0 Å². The summed E-state index contributed by atoms with van der Waals surface area (Å²) >= 11 is 0. The first kappa shape index (κ1) is 12.5. The number of aromatic nitrogens is 2. The summed E-state index contributed by atoms with van der Waals surface area (Å²) in [5.41, 5.74) is 9.49. The van der Waals surface area contributed by atoms with Gasteiger partial charge in [0.1, 0.15) is 0 Å². The van der Waals surface area contributed by atoms with Crippen LogP contribution < -0.4 is 11.4 Å². The molecule has 0 fully saturated rings. The zero-order valence-electron chi connectivity index (χ0n) is 10.7. The topological polar surface area (TPSA) is 60.9 Å². The van der Waals surface area contributed by atoms with Crippen LogP contribution in [0.1, 0.15) is 22.4 Å². The Balaban J connectivity index is 2.31. The maximum Gasteiger partial charge on any atom is 0.348 e. The molecule has 2 N–H and O–H groups in total. The average Bonchev–Trinajstić information content (AvgIpc) is 2.34. The van der Waals surface area contributed by atoms with Crippen LogP contribution in [-0.4, -0.2) is 9.55 Å². The van der Waals surface area contributed by atoms with Gasteiger partial charge in [-0.25, -0.2) is 4.79 Å². The summed E-state index contributed by atoms with van der Waals surface area (Å²) in [5, 5.41) is 0. The van der Waals surface area contributed by atoms with Gasteiger partial charge < -0.3 is 5.73 Å². The quantitative estimate of drug-likeness (QED) is 0.885. The van der Waals surface area contributed by atoms with E-state index >= 15 is 0 Å². The Morgan fingerprint density at radius 1 is 1.28 bits per heavy atom. The number of nitrogens with two attached hydrogens (primary N) is 1. The van der Waals surface area contributed by atoms with E-state index in [1.807, 2.05) is 32.0 Å². The molecular formula is C14H17N3O. The number of nitrogens with zero attached hydrogens (tertiary/aromatic N) is 2. The van der Waals surface area contributed by atoms with Crippen molar-refractivity contribution < 1.29 is 0 Å². The summed E-state index contributed by atoms with van der Waals surface area (Å²) < 4.78 is 1.61. The average molecular weight is 243 g/mol. The molecular weight excluding hydrogens is 226 g/mol. The van der Waals surface area contributed by atoms with Gasteiger partial charge >= 0.3 is 5.69 Å². The van der Waals surface area contributed by atoms with Crippen LogP contribution in [0.3, 0.4) is 0 Å². The lowest BCUT2D eigenvalue weighted by atomic mass is 10.1. The first-order valence-corrected chi connectivity index (χ1v) is 5.92. The zero-order chi connectivity index (χ0) is 13.1. The largest absolute Gasteiger partial charge is 0.348 e. The van der Waals surface area contributed by atoms with Crippen molar-refractivity contribution in [2.24, 2.45) is 5.73 Å². The number of aryl methyl sites for hydroxylation is 2. The fraction of sp³-hybridized carbons (Fsp3) is 0.286. The van der Waals surface area contributed by atoms with Gasteiger partial charge in [0.05, 0.1) is 6.54 Å². The van der Waals surface area contributed by atoms with Crippen LogP contribution >= 0.6 is 0 Å². The molecule has 0 aliphatic rings. The Kier molecular flexibility index (Phi) is 3.58. The molecule has 0 atom stereocenters. The van der Waals surface area contributed by atoms with Gasteiger partial charge in [-0.2, -0.15) is 4.98 Å². The maximum atomic E-state index is 11.7. The maximum absolute atomic E-state index is 11.7. The molecule has 0 spiro atoms. The summed E-state index contributed by atoms with van der Waals surface area (Å²) in [6.07, 6.45) is 1.78. The van der Waals surface area contributed by atoms with Gasteiger partial charge in [-0.15, -0.1) is 0 Å². The third-order valence-corrected chi connectivity index (χ3v) is 3.00. The van der Waals surface area contributed by atoms with Crippen molar-refractivity contribution in [3.8, 4) is 0 Å². The van der Waals surface area contributed by atoms with Crippen LogP contribution in [0.25, 0.3) is 0 Å². The summed E-state index contributed by atoms with van der Waals surface area (Å²) in [6.45, 7) is 4.92. The lowest BCUT2D eigenvalue weighted by molar-refractivity contribution is 0.717. The molecule has 0 unspecified atom stereocenters. The molecule has 1 aromatic heterocycles. The van der Waals surface area contributed by atoms with E-state index < -0.39 is 0 Å². The van der Waals surface area contributed by atoms with E-state index in [9.17, 15) is 4.79 Å². The highest BCUT2D eigenvalue weighted by Crippen LogP contribution is 2.11. The highest BCUT2D eigenvalue weighted by molar-refractivity contribution is 5.31. The Morgan fingerprint density at radius 2 is 2.06 bits per heavy atom. The standard InChI is InChI=1S/C14H17N3O/c1-10-7-12(8-15)3-4-13(10)9-17-6-5-11(2)16-14(17)18/h3-7H,8-9,15H2,1-2H3. The van der Waals surface area contributed by atoms with E-state index in [1.54, 1.807) is 10.8 Å². The van der Waals surface area contributed by atoms with Gasteiger partial charge in [0.15, 0.2) is 0 Å². The van der Waals surface area contributed by atoms with Crippen molar-refractivity contribution in [3.63, 3.8) is 0 Å². The van der Waals surface area contributed by atoms with E-state index in [2.05, 4.69) is 11.1 Å². The van der Waals surface area contributed by atoms with E-state index in [0.717, 1.165) is 22.4 Å². The lowest BCUT2D eigenvalue weighted by Gasteiger charge is -2.09. The summed E-state index contributed by atoms with van der Waals surface area (Å²) in [4.78, 5) is 15.6. The molecule has 1 heterocycles. The van der Waals surface area contributed by atoms with Gasteiger partial charge in [-0.05, 0) is 36.6 Å². The minimum absolute atomic E-state index is 0.211. The molecule has 0 amide bonds. The Labute approximate surface area is 106 Å². The Bertz CT molecular complexity index is 617. The van der Waals surface area contributed by atoms with Crippen molar-refractivity contribution in [3.05, 3.63) is 63.3 Å². The number of hydrogen-bond donors (Lipinski definition) is 1. The summed E-state index contributed by atoms with van der Waals surface area (Å²) in [5.74, 6) is 0. The van der Waals surface area contributed by atoms with Crippen LogP contribution in [0, 0.1) is 13.8 Å². The van der Waals surface area contributed by atoms with E-state index in [-0.39, 0.29) is 5.69 Å². The van der Waals surface area contributed by atoms with Gasteiger partial charge in [-0.1, -0.05) is 18.2 Å². The van der Waals surface area contributed by atoms with Crippen molar-refractivity contribution in [1.29, 1.82) is 0 Å². The third kappa shape index (κ3) is 2.65. The number of rotatable bonds is 3. The first-order chi connectivity index (χ1) is 8.60. The smallest absolute Gasteiger partial charge is 0.326 e. The van der Waals surface area contributed by atoms with Gasteiger partial charge in [0.25, 0.3) is 0 Å². The van der Waals surface area contributed by atoms with Crippen LogP contribution in [0.4, 0.5) is 0 Å². The molecule has 18 heavy (non-hydrogen) atoms. The van der Waals surface area contributed by atoms with E-state index in [4.69, 9.17) is 5.73 Å². The van der Waals surface area contributed by atoms with Crippen molar-refractivity contribution in [1.82, 2.24) is 9.55 Å². The van der Waals surface area contributed by atoms with Crippen molar-refractivity contribution in [2.45, 2.75) is 26.9 Å². The molecule has 0 saturated heterocycles. The molecule has 0 radical (unpaired) electrons. The molecule has 2 aromatic rings. The van der Waals surface area contributed by atoms with Crippen LogP contribution in [0.5, 0.6) is 0 Å². The summed E-state index contributed by atoms with van der Waals surface area (Å²) in [6, 6.07) is 7.91. The molecule has 94 valence electrons. The molecule has 2 rings (SSSR count). The Hall–Kier alpha value is -1.94. The minimum Gasteiger partial charge on any atom is -0.326 e. The molecule has 4 heteroatoms. The van der Waals surface area contributed by atoms with Crippen molar-refractivity contribution >= 4 is 0 Å². The highest BCUT2D eigenvalue weighted by Gasteiger charge is 2.03. The fourth-order valence-electron chi connectivity index (χ4n) is 1.88. The number of benzene rings is 1. The fourth-order valence-corrected chi connectivity index (χ4v) is 1.88. The monoisotopic (exact) mass is 243 g/mol. The highest BCUT2D eigenvalue weighted by atomic mass is 16.1. The molecule has 0 aliphatic carbocycles. The molecule has 0 aliphatic heterocycles. The summed E-state index contributed by atoms with van der Waals surface area (Å²) in [7, 11) is 0. The van der Waals surface area contributed by atoms with Crippen LogP contribution in [0.15, 0.2) is 35.3 Å². The molecule has 0 bridgehead atoms. The van der Waals surface area contributed by atoms with Crippen LogP contribution in [-0.2, 0) is 13.1 Å². The molecule has 1 aromatic carbocycles. The second-order valence-corrected chi connectivity index (χ2v) is 4.44. The van der Waals surface area contributed by atoms with Crippen LogP contribution in [0.2, 0.25) is 0 Å². The van der Waals surface area contributed by atoms with Gasteiger partial charge in [0.2, 0.25) is 0 Å². The first-order valence-electron chi connectivity index (χ1n) is 5.92. The minimum atomic E-state index is -0.211. The number of hydrogen-bond acceptors (Lipinski definition) is 3. The Morgan fingerprint density at radius 3 is 2.67 bits per heavy atom. The van der Waals surface area contributed by atoms with Gasteiger partial charge in [-0.3, -0.25) is 4.57 Å². The van der Waals surface area contributed by atoms with Gasteiger partial charge in [0, 0.05) is 18.4 Å². The second kappa shape index (κ2) is 5.14. The predicted octanol–water partition coefficient (Wildman–Crippen LogP) is 1.37. The third-order valence-electron chi connectivity index (χ3n) is 3.00. The van der Waals surface area contributed by atoms with Crippen molar-refractivity contribution in [2.75, 3.05) is 0 Å². The normalized spacial score (nSPS) is 10.6. The zero-order valence-corrected chi connectivity index (χ0v) is 10.7. The van der Waals surface area contributed by atoms with E-state index in [0.29, 0.717) is 13.1 Å². The molecule has 4 nitrogen and oxygen atoms in total.